The summed E-state index contributed by atoms with van der Waals surface area (Å²) in [6.45, 7) is 0. The summed E-state index contributed by atoms with van der Waals surface area (Å²) in [7, 11) is 0. The summed E-state index contributed by atoms with van der Waals surface area (Å²) in [5, 5.41) is 9.22. The summed E-state index contributed by atoms with van der Waals surface area (Å²) < 4.78 is 38.8. The van der Waals surface area contributed by atoms with Crippen LogP contribution in [-0.4, -0.2) is 31.8 Å². The van der Waals surface area contributed by atoms with Crippen LogP contribution < -0.4 is 5.32 Å². The monoisotopic (exact) mass is 379 g/mol. The lowest BCUT2D eigenvalue weighted by molar-refractivity contribution is -0.137. The SMILES string of the molecule is O=C(CSc1n[nH]c(-c2ccccn2)n1)Nc1ccccc1C(F)(F)F. The lowest BCUT2D eigenvalue weighted by Crippen LogP contribution is -2.18. The summed E-state index contributed by atoms with van der Waals surface area (Å²) in [4.78, 5) is 20.3. The van der Waals surface area contributed by atoms with Crippen molar-refractivity contribution in [2.75, 3.05) is 11.1 Å². The number of amides is 1. The van der Waals surface area contributed by atoms with Gasteiger partial charge in [0.2, 0.25) is 11.1 Å². The fourth-order valence-corrected chi connectivity index (χ4v) is 2.68. The van der Waals surface area contributed by atoms with Gasteiger partial charge in [-0.1, -0.05) is 30.0 Å². The highest BCUT2D eigenvalue weighted by atomic mass is 32.2. The quantitative estimate of drug-likeness (QED) is 0.662. The van der Waals surface area contributed by atoms with Gasteiger partial charge in [0.15, 0.2) is 5.82 Å². The van der Waals surface area contributed by atoms with Crippen LogP contribution in [-0.2, 0) is 11.0 Å². The first kappa shape index (κ1) is 17.9. The van der Waals surface area contributed by atoms with Gasteiger partial charge in [-0.3, -0.25) is 14.9 Å². The second-order valence-electron chi connectivity index (χ2n) is 5.06. The molecule has 3 rings (SSSR count). The van der Waals surface area contributed by atoms with E-state index in [4.69, 9.17) is 0 Å². The van der Waals surface area contributed by atoms with Crippen molar-refractivity contribution in [2.24, 2.45) is 0 Å². The van der Waals surface area contributed by atoms with E-state index < -0.39 is 17.6 Å². The Bertz CT molecular complexity index is 898. The van der Waals surface area contributed by atoms with Gasteiger partial charge in [-0.05, 0) is 24.3 Å². The molecule has 0 radical (unpaired) electrons. The fraction of sp³-hybridized carbons (Fsp3) is 0.125. The van der Waals surface area contributed by atoms with Gasteiger partial charge in [0, 0.05) is 6.20 Å². The molecule has 0 bridgehead atoms. The van der Waals surface area contributed by atoms with Gasteiger partial charge >= 0.3 is 6.18 Å². The molecule has 2 aromatic heterocycles. The first-order valence-electron chi connectivity index (χ1n) is 7.36. The number of alkyl halides is 3. The van der Waals surface area contributed by atoms with Crippen LogP contribution in [0.25, 0.3) is 11.5 Å². The number of carbonyl (C=O) groups is 1. The molecule has 3 aromatic rings. The number of hydrogen-bond acceptors (Lipinski definition) is 5. The van der Waals surface area contributed by atoms with E-state index in [-0.39, 0.29) is 11.4 Å². The summed E-state index contributed by atoms with van der Waals surface area (Å²) in [5.74, 6) is -0.280. The van der Waals surface area contributed by atoms with Gasteiger partial charge < -0.3 is 5.32 Å². The molecule has 0 spiro atoms. The molecule has 10 heteroatoms. The number of rotatable bonds is 5. The van der Waals surface area contributed by atoms with Crippen LogP contribution in [0, 0.1) is 0 Å². The maximum Gasteiger partial charge on any atom is 0.418 e. The molecule has 0 aliphatic rings. The molecule has 1 aromatic carbocycles. The molecule has 0 unspecified atom stereocenters. The standard InChI is InChI=1S/C16H12F3N5OS/c17-16(18,19)10-5-1-2-6-11(10)21-13(25)9-26-15-22-14(23-24-15)12-7-3-4-8-20-12/h1-8H,9H2,(H,21,25)(H,22,23,24). The summed E-state index contributed by atoms with van der Waals surface area (Å²) >= 11 is 1.00. The number of H-pyrrole nitrogens is 1. The topological polar surface area (TPSA) is 83.6 Å². The Morgan fingerprint density at radius 3 is 2.65 bits per heavy atom. The number of aromatic amines is 1. The third-order valence-electron chi connectivity index (χ3n) is 3.21. The van der Waals surface area contributed by atoms with E-state index in [0.29, 0.717) is 16.7 Å². The van der Waals surface area contributed by atoms with Crippen LogP contribution in [0.5, 0.6) is 0 Å². The van der Waals surface area contributed by atoms with Crippen molar-refractivity contribution in [1.29, 1.82) is 0 Å². The zero-order chi connectivity index (χ0) is 18.6. The first-order valence-corrected chi connectivity index (χ1v) is 8.35. The van der Waals surface area contributed by atoms with Crippen molar-refractivity contribution in [3.05, 3.63) is 54.2 Å². The van der Waals surface area contributed by atoms with E-state index in [1.807, 2.05) is 0 Å². The van der Waals surface area contributed by atoms with Gasteiger partial charge in [-0.15, -0.1) is 5.10 Å². The molecule has 2 heterocycles. The van der Waals surface area contributed by atoms with Crippen LogP contribution in [0.2, 0.25) is 0 Å². The molecule has 0 saturated heterocycles. The third-order valence-corrected chi connectivity index (χ3v) is 4.06. The minimum absolute atomic E-state index is 0.133. The Hall–Kier alpha value is -2.88. The van der Waals surface area contributed by atoms with Gasteiger partial charge in [0.1, 0.15) is 5.69 Å². The van der Waals surface area contributed by atoms with Crippen molar-refractivity contribution in [3.63, 3.8) is 0 Å². The highest BCUT2D eigenvalue weighted by Crippen LogP contribution is 2.34. The van der Waals surface area contributed by atoms with Crippen molar-refractivity contribution < 1.29 is 18.0 Å². The summed E-state index contributed by atoms with van der Waals surface area (Å²) in [5.41, 5.74) is -0.584. The normalized spacial score (nSPS) is 11.3. The van der Waals surface area contributed by atoms with Crippen molar-refractivity contribution in [1.82, 2.24) is 20.2 Å². The number of halogens is 3. The average Bonchev–Trinajstić information content (AvgIpc) is 3.09. The zero-order valence-electron chi connectivity index (χ0n) is 13.1. The maximum absolute atomic E-state index is 12.9. The van der Waals surface area contributed by atoms with Crippen molar-refractivity contribution in [3.8, 4) is 11.5 Å². The molecule has 0 fully saturated rings. The molecule has 6 nitrogen and oxygen atoms in total. The Labute approximate surface area is 150 Å². The number of pyridine rings is 1. The number of carbonyl (C=O) groups excluding carboxylic acids is 1. The fourth-order valence-electron chi connectivity index (χ4n) is 2.08. The van der Waals surface area contributed by atoms with Crippen LogP contribution in [0.3, 0.4) is 0 Å². The number of para-hydroxylation sites is 1. The highest BCUT2D eigenvalue weighted by molar-refractivity contribution is 7.99. The lowest BCUT2D eigenvalue weighted by atomic mass is 10.1. The number of hydrogen-bond donors (Lipinski definition) is 2. The number of nitrogens with one attached hydrogen (secondary N) is 2. The van der Waals surface area contributed by atoms with E-state index in [1.54, 1.807) is 24.4 Å². The minimum Gasteiger partial charge on any atom is -0.325 e. The van der Waals surface area contributed by atoms with Crippen LogP contribution in [0.15, 0.2) is 53.8 Å². The molecule has 1 amide bonds. The maximum atomic E-state index is 12.9. The molecule has 0 atom stereocenters. The molecular formula is C16H12F3N5OS. The van der Waals surface area contributed by atoms with Crippen molar-refractivity contribution in [2.45, 2.75) is 11.3 Å². The van der Waals surface area contributed by atoms with Gasteiger partial charge in [0.05, 0.1) is 17.0 Å². The molecule has 134 valence electrons. The van der Waals surface area contributed by atoms with E-state index in [0.717, 1.165) is 17.8 Å². The van der Waals surface area contributed by atoms with Crippen LogP contribution in [0.1, 0.15) is 5.56 Å². The number of aromatic nitrogens is 4. The van der Waals surface area contributed by atoms with E-state index in [2.05, 4.69) is 25.5 Å². The highest BCUT2D eigenvalue weighted by Gasteiger charge is 2.33. The van der Waals surface area contributed by atoms with Gasteiger partial charge in [-0.25, -0.2) is 0 Å². The van der Waals surface area contributed by atoms with E-state index in [9.17, 15) is 18.0 Å². The molecule has 0 aliphatic carbocycles. The minimum atomic E-state index is -4.54. The van der Waals surface area contributed by atoms with Crippen LogP contribution in [0.4, 0.5) is 18.9 Å². The predicted octanol–water partition coefficient (Wildman–Crippen LogP) is 3.62. The van der Waals surface area contributed by atoms with Crippen LogP contribution >= 0.6 is 11.8 Å². The average molecular weight is 379 g/mol. The zero-order valence-corrected chi connectivity index (χ0v) is 13.9. The van der Waals surface area contributed by atoms with Gasteiger partial charge in [0.25, 0.3) is 0 Å². The Balaban J connectivity index is 1.61. The lowest BCUT2D eigenvalue weighted by Gasteiger charge is -2.13. The van der Waals surface area contributed by atoms with E-state index in [1.165, 1.54) is 18.2 Å². The number of thioether (sulfide) groups is 1. The third kappa shape index (κ3) is 4.39. The first-order chi connectivity index (χ1) is 12.4. The number of benzene rings is 1. The number of nitrogens with zero attached hydrogens (tertiary/aromatic N) is 3. The van der Waals surface area contributed by atoms with Crippen molar-refractivity contribution >= 4 is 23.4 Å². The molecule has 2 N–H and O–H groups in total. The molecular weight excluding hydrogens is 367 g/mol. The summed E-state index contributed by atoms with van der Waals surface area (Å²) in [6.07, 6.45) is -2.94. The summed E-state index contributed by atoms with van der Waals surface area (Å²) in [6, 6.07) is 10.1. The van der Waals surface area contributed by atoms with Gasteiger partial charge in [-0.2, -0.15) is 18.2 Å². The Morgan fingerprint density at radius 2 is 1.92 bits per heavy atom. The predicted molar refractivity (Wildman–Crippen MR) is 90.4 cm³/mol. The molecule has 26 heavy (non-hydrogen) atoms. The molecule has 0 saturated carbocycles. The number of anilines is 1. The Kier molecular flexibility index (Phi) is 5.21. The largest absolute Gasteiger partial charge is 0.418 e. The Morgan fingerprint density at radius 1 is 1.15 bits per heavy atom. The molecule has 0 aliphatic heterocycles. The van der Waals surface area contributed by atoms with E-state index >= 15 is 0 Å². The second kappa shape index (κ2) is 7.56. The smallest absolute Gasteiger partial charge is 0.325 e. The second-order valence-corrected chi connectivity index (χ2v) is 6.00.